The van der Waals surface area contributed by atoms with Gasteiger partial charge in [0.25, 0.3) is 0 Å². The van der Waals surface area contributed by atoms with Crippen LogP contribution in [0.4, 0.5) is 11.4 Å². The predicted molar refractivity (Wildman–Crippen MR) is 232 cm³/mol. The molecule has 2 nitrogen and oxygen atoms in total. The van der Waals surface area contributed by atoms with Crippen molar-refractivity contribution in [3.05, 3.63) is 104 Å². The summed E-state index contributed by atoms with van der Waals surface area (Å²) in [6, 6.07) is 9.48. The smallest absolute Gasteiger partial charge is 0.117 e. The fourth-order valence-electron chi connectivity index (χ4n) is 10.7. The number of benzene rings is 2. The normalized spacial score (nSPS) is 25.7. The molecule has 52 heavy (non-hydrogen) atoms. The molecule has 0 aromatic heterocycles. The Kier molecular flexibility index (Phi) is 13.6. The molecule has 1 saturated heterocycles. The minimum atomic E-state index is -0.160. The fourth-order valence-corrected chi connectivity index (χ4v) is 19.0. The van der Waals surface area contributed by atoms with Crippen LogP contribution in [0.15, 0.2) is 71.1 Å². The molecule has 2 aromatic rings. The first-order valence-corrected chi connectivity index (χ1v) is 23.4. The van der Waals surface area contributed by atoms with E-state index < -0.39 is 0 Å². The Morgan fingerprint density at radius 3 is 1.65 bits per heavy atom. The first kappa shape index (κ1) is 40.7. The van der Waals surface area contributed by atoms with Gasteiger partial charge in [-0.1, -0.05) is 138 Å². The second-order valence-electron chi connectivity index (χ2n) is 16.6. The fraction of sp³-hybridized carbons (Fsp3) is 0.565. The molecule has 0 bridgehead atoms. The summed E-state index contributed by atoms with van der Waals surface area (Å²) in [5.41, 5.74) is 17.3. The molecule has 1 heterocycles. The van der Waals surface area contributed by atoms with Crippen LogP contribution in [0.5, 0.6) is 0 Å². The zero-order chi connectivity index (χ0) is 35.9. The molecule has 2 unspecified atom stereocenters. The van der Waals surface area contributed by atoms with Gasteiger partial charge >= 0.3 is 0 Å². The topological polar surface area (TPSA) is 6.48 Å². The number of allylic oxidation sites excluding steroid dienone is 7. The largest absolute Gasteiger partial charge is 0.325 e. The summed E-state index contributed by atoms with van der Waals surface area (Å²) in [6.07, 6.45) is 29.2. The molecule has 1 aliphatic heterocycles. The van der Waals surface area contributed by atoms with Crippen molar-refractivity contribution in [2.45, 2.75) is 152 Å². The van der Waals surface area contributed by atoms with Crippen LogP contribution in [-0.2, 0) is 19.5 Å². The van der Waals surface area contributed by atoms with Crippen LogP contribution < -0.4 is 9.80 Å². The van der Waals surface area contributed by atoms with Crippen LogP contribution in [0.25, 0.3) is 0 Å². The summed E-state index contributed by atoms with van der Waals surface area (Å²) < 4.78 is 0.145. The van der Waals surface area contributed by atoms with Crippen LogP contribution in [0, 0.1) is 41.5 Å². The molecule has 0 spiro atoms. The number of halogens is 2. The zero-order valence-electron chi connectivity index (χ0n) is 32.6. The van der Waals surface area contributed by atoms with Gasteiger partial charge in [0, 0.05) is 55.2 Å². The van der Waals surface area contributed by atoms with E-state index in [1.54, 1.807) is 5.57 Å². The van der Waals surface area contributed by atoms with Crippen molar-refractivity contribution >= 4 is 51.2 Å². The average Bonchev–Trinajstić information content (AvgIpc) is 3.50. The van der Waals surface area contributed by atoms with E-state index in [0.29, 0.717) is 4.83 Å². The molecule has 6 heteroatoms. The van der Waals surface area contributed by atoms with Crippen molar-refractivity contribution < 1.29 is 19.5 Å². The summed E-state index contributed by atoms with van der Waals surface area (Å²) in [5, 5.41) is 0. The molecule has 2 atom stereocenters. The van der Waals surface area contributed by atoms with E-state index in [1.165, 1.54) is 145 Å². The second kappa shape index (κ2) is 17.4. The number of alkyl halides is 2. The van der Waals surface area contributed by atoms with Gasteiger partial charge in [-0.15, -0.1) is 0 Å². The first-order chi connectivity index (χ1) is 24.5. The van der Waals surface area contributed by atoms with Crippen LogP contribution in [-0.4, -0.2) is 33.3 Å². The Morgan fingerprint density at radius 1 is 0.692 bits per heavy atom. The minimum absolute atomic E-state index is 0. The van der Waals surface area contributed by atoms with Gasteiger partial charge in [-0.05, 0) is 137 Å². The van der Waals surface area contributed by atoms with E-state index in [0.717, 1.165) is 30.8 Å². The third kappa shape index (κ3) is 8.25. The molecule has 282 valence electrons. The number of rotatable bonds is 6. The maximum Gasteiger partial charge on any atom is 0.117 e. The predicted octanol–water partition coefficient (Wildman–Crippen LogP) is 14.1. The molecule has 5 aliphatic rings. The van der Waals surface area contributed by atoms with Crippen molar-refractivity contribution in [3.8, 4) is 0 Å². The Morgan fingerprint density at radius 2 is 1.17 bits per heavy atom. The van der Waals surface area contributed by atoms with Crippen molar-refractivity contribution in [2.24, 2.45) is 0 Å². The maximum absolute atomic E-state index is 4.73. The molecule has 0 radical (unpaired) electrons. The molecular formula is C46H61Br2N2PRu. The summed E-state index contributed by atoms with van der Waals surface area (Å²) in [7, 11) is -0.160. The SMILES string of the molecule is Cc1cc(C)c(N2CCN(c3c(C)cc(C)cc3C)C2=C2C=CC=C(C=C3C(Br)CCCC3(Br)P(C3CCCCC3)C3CCCCC3)C2)c(C)c1.[Ru]. The number of aryl methyl sites for hydroxylation is 6. The van der Waals surface area contributed by atoms with E-state index in [1.807, 2.05) is 0 Å². The van der Waals surface area contributed by atoms with Crippen molar-refractivity contribution in [1.29, 1.82) is 0 Å². The molecule has 4 fully saturated rings. The second-order valence-corrected chi connectivity index (χ2v) is 22.7. The van der Waals surface area contributed by atoms with Gasteiger partial charge in [0.05, 0.1) is 4.07 Å². The van der Waals surface area contributed by atoms with E-state index >= 15 is 0 Å². The standard InChI is InChI=1S/C46H61Br2N2P.Ru/c1-31-25-33(3)43(34(4)26-31)49-23-24-50(44-35(5)27-32(2)28-36(44)6)45(49)38-16-13-15-37(29-38)30-41-42(47)21-14-22-46(41,48)51(39-17-9-7-10-18-39)40-19-11-8-12-20-40;/h13,15-16,25-28,30,39-40,42H,7-12,14,17-24,29H2,1-6H3;. The van der Waals surface area contributed by atoms with Crippen molar-refractivity contribution in [2.75, 3.05) is 22.9 Å². The summed E-state index contributed by atoms with van der Waals surface area (Å²) >= 11 is 9.05. The van der Waals surface area contributed by atoms with E-state index in [9.17, 15) is 0 Å². The van der Waals surface area contributed by atoms with Crippen LogP contribution >= 0.6 is 39.8 Å². The van der Waals surface area contributed by atoms with Gasteiger partial charge in [0.1, 0.15) is 5.82 Å². The van der Waals surface area contributed by atoms with Crippen LogP contribution in [0.3, 0.4) is 0 Å². The Balaban J connectivity index is 0.00000464. The first-order valence-electron chi connectivity index (χ1n) is 20.2. The van der Waals surface area contributed by atoms with Gasteiger partial charge in [-0.3, -0.25) is 0 Å². The molecule has 4 aliphatic carbocycles. The van der Waals surface area contributed by atoms with Gasteiger partial charge in [0.15, 0.2) is 0 Å². The third-order valence-corrected chi connectivity index (χ3v) is 19.5. The van der Waals surface area contributed by atoms with Crippen molar-refractivity contribution in [1.82, 2.24) is 0 Å². The monoisotopic (exact) mass is 932 g/mol. The number of hydrogen-bond donors (Lipinski definition) is 0. The van der Waals surface area contributed by atoms with E-state index in [2.05, 4.69) is 116 Å². The summed E-state index contributed by atoms with van der Waals surface area (Å²) in [4.78, 5) is 5.76. The Bertz CT molecular complexity index is 1610. The molecule has 0 amide bonds. The van der Waals surface area contributed by atoms with Gasteiger partial charge in [0.2, 0.25) is 0 Å². The third-order valence-electron chi connectivity index (χ3n) is 12.6. The summed E-state index contributed by atoms with van der Waals surface area (Å²) in [6.45, 7) is 15.7. The molecule has 3 saturated carbocycles. The Labute approximate surface area is 347 Å². The van der Waals surface area contributed by atoms with Gasteiger partial charge < -0.3 is 9.80 Å². The van der Waals surface area contributed by atoms with E-state index in [-0.39, 0.29) is 31.5 Å². The number of hydrogen-bond acceptors (Lipinski definition) is 2. The number of nitrogens with zero attached hydrogens (tertiary/aromatic N) is 2. The Hall–Kier alpha value is -0.987. The average molecular weight is 934 g/mol. The minimum Gasteiger partial charge on any atom is -0.325 e. The van der Waals surface area contributed by atoms with Crippen LogP contribution in [0.1, 0.15) is 123 Å². The maximum atomic E-state index is 4.73. The quantitative estimate of drug-likeness (QED) is 0.162. The van der Waals surface area contributed by atoms with Crippen molar-refractivity contribution in [3.63, 3.8) is 0 Å². The molecule has 7 rings (SSSR count). The van der Waals surface area contributed by atoms with Gasteiger partial charge in [-0.2, -0.15) is 0 Å². The molecule has 2 aromatic carbocycles. The van der Waals surface area contributed by atoms with Crippen LogP contribution in [0.2, 0.25) is 0 Å². The zero-order valence-corrected chi connectivity index (χ0v) is 38.4. The van der Waals surface area contributed by atoms with E-state index in [4.69, 9.17) is 15.9 Å². The molecule has 0 N–H and O–H groups in total. The molecular weight excluding hydrogens is 872 g/mol. The number of anilines is 2. The van der Waals surface area contributed by atoms with Gasteiger partial charge in [-0.25, -0.2) is 0 Å². The summed E-state index contributed by atoms with van der Waals surface area (Å²) in [5.74, 6) is 1.37.